The number of aliphatic carboxylic acids is 1. The third kappa shape index (κ3) is 3.96. The molecule has 0 spiro atoms. The molecule has 1 atom stereocenters. The van der Waals surface area contributed by atoms with E-state index in [1.54, 1.807) is 25.1 Å². The van der Waals surface area contributed by atoms with E-state index in [-0.39, 0.29) is 6.61 Å². The fourth-order valence-electron chi connectivity index (χ4n) is 1.60. The van der Waals surface area contributed by atoms with Crippen LogP contribution in [0.5, 0.6) is 5.75 Å². The average molecular weight is 267 g/mol. The highest BCUT2D eigenvalue weighted by Crippen LogP contribution is 2.16. The van der Waals surface area contributed by atoms with Crippen molar-refractivity contribution in [3.8, 4) is 5.75 Å². The van der Waals surface area contributed by atoms with Crippen LogP contribution in [0.4, 0.5) is 0 Å². The van der Waals surface area contributed by atoms with E-state index < -0.39 is 17.9 Å². The van der Waals surface area contributed by atoms with Gasteiger partial charge in [0.1, 0.15) is 5.75 Å². The zero-order valence-corrected chi connectivity index (χ0v) is 11.1. The predicted octanol–water partition coefficient (Wildman–Crippen LogP) is 0.833. The molecule has 1 amide bonds. The lowest BCUT2D eigenvalue weighted by atomic mass is 10.1. The largest absolute Gasteiger partial charge is 0.497 e. The first kappa shape index (κ1) is 15.0. The molecule has 0 aliphatic carbocycles. The Morgan fingerprint density at radius 2 is 2.05 bits per heavy atom. The van der Waals surface area contributed by atoms with Crippen LogP contribution >= 0.6 is 0 Å². The van der Waals surface area contributed by atoms with E-state index in [1.165, 1.54) is 14.2 Å². The topological polar surface area (TPSA) is 84.9 Å². The molecule has 0 radical (unpaired) electrons. The van der Waals surface area contributed by atoms with Crippen LogP contribution in [0.25, 0.3) is 0 Å². The minimum Gasteiger partial charge on any atom is -0.497 e. The number of hydrogen-bond donors (Lipinski definition) is 2. The normalized spacial score (nSPS) is 11.7. The molecule has 0 heterocycles. The monoisotopic (exact) mass is 267 g/mol. The summed E-state index contributed by atoms with van der Waals surface area (Å²) in [6.45, 7) is 1.67. The van der Waals surface area contributed by atoms with Crippen molar-refractivity contribution in [2.45, 2.75) is 13.0 Å². The number of amides is 1. The van der Waals surface area contributed by atoms with Gasteiger partial charge in [-0.3, -0.25) is 4.79 Å². The maximum atomic E-state index is 12.0. The first-order valence-corrected chi connectivity index (χ1v) is 5.66. The number of carbonyl (C=O) groups is 2. The third-order valence-corrected chi connectivity index (χ3v) is 2.61. The van der Waals surface area contributed by atoms with Gasteiger partial charge >= 0.3 is 5.97 Å². The standard InChI is InChI=1S/C13H17NO5/c1-8-6-9(19-3)4-5-10(8)12(15)14-11(7-18-2)13(16)17/h4-6,11H,7H2,1-3H3,(H,14,15)(H,16,17). The first-order chi connectivity index (χ1) is 8.99. The molecular formula is C13H17NO5. The number of aryl methyl sites for hydroxylation is 1. The highest BCUT2D eigenvalue weighted by atomic mass is 16.5. The highest BCUT2D eigenvalue weighted by Gasteiger charge is 2.21. The molecule has 1 unspecified atom stereocenters. The number of hydrogen-bond acceptors (Lipinski definition) is 4. The average Bonchev–Trinajstić information content (AvgIpc) is 2.37. The van der Waals surface area contributed by atoms with Crippen LogP contribution in [0.3, 0.4) is 0 Å². The van der Waals surface area contributed by atoms with Gasteiger partial charge in [-0.1, -0.05) is 0 Å². The maximum absolute atomic E-state index is 12.0. The molecule has 0 aromatic heterocycles. The summed E-state index contributed by atoms with van der Waals surface area (Å²) in [4.78, 5) is 22.9. The quantitative estimate of drug-likeness (QED) is 0.797. The Labute approximate surface area is 111 Å². The lowest BCUT2D eigenvalue weighted by Crippen LogP contribution is -2.44. The molecule has 104 valence electrons. The first-order valence-electron chi connectivity index (χ1n) is 5.66. The van der Waals surface area contributed by atoms with Gasteiger partial charge in [-0.15, -0.1) is 0 Å². The Hall–Kier alpha value is -2.08. The van der Waals surface area contributed by atoms with Gasteiger partial charge in [0.15, 0.2) is 6.04 Å². The van der Waals surface area contributed by atoms with Crippen molar-refractivity contribution in [3.63, 3.8) is 0 Å². The molecular weight excluding hydrogens is 250 g/mol. The van der Waals surface area contributed by atoms with Crippen LogP contribution < -0.4 is 10.1 Å². The number of carboxylic acids is 1. The molecule has 0 aliphatic rings. The molecule has 6 heteroatoms. The van der Waals surface area contributed by atoms with Gasteiger partial charge in [0.05, 0.1) is 13.7 Å². The zero-order valence-electron chi connectivity index (χ0n) is 11.1. The van der Waals surface area contributed by atoms with Crippen LogP contribution in [0.1, 0.15) is 15.9 Å². The number of benzene rings is 1. The summed E-state index contributed by atoms with van der Waals surface area (Å²) in [5.74, 6) is -0.952. The van der Waals surface area contributed by atoms with E-state index in [0.29, 0.717) is 16.9 Å². The Morgan fingerprint density at radius 1 is 1.37 bits per heavy atom. The maximum Gasteiger partial charge on any atom is 0.328 e. The Bertz CT molecular complexity index is 472. The number of carbonyl (C=O) groups excluding carboxylic acids is 1. The Balaban J connectivity index is 2.85. The molecule has 0 saturated heterocycles. The summed E-state index contributed by atoms with van der Waals surface area (Å²) in [6.07, 6.45) is 0. The summed E-state index contributed by atoms with van der Waals surface area (Å²) in [6, 6.07) is 3.88. The van der Waals surface area contributed by atoms with Gasteiger partial charge in [0.25, 0.3) is 5.91 Å². The molecule has 0 saturated carbocycles. The molecule has 0 bridgehead atoms. The van der Waals surface area contributed by atoms with Crippen LogP contribution in [0, 0.1) is 6.92 Å². The van der Waals surface area contributed by atoms with Gasteiger partial charge in [0, 0.05) is 12.7 Å². The zero-order chi connectivity index (χ0) is 14.4. The summed E-state index contributed by atoms with van der Waals surface area (Å²) < 4.78 is 9.80. The van der Waals surface area contributed by atoms with Gasteiger partial charge in [-0.25, -0.2) is 4.79 Å². The van der Waals surface area contributed by atoms with Crippen LogP contribution in [-0.4, -0.2) is 43.9 Å². The van der Waals surface area contributed by atoms with Gasteiger partial charge < -0.3 is 19.9 Å². The molecule has 1 aromatic rings. The fraction of sp³-hybridized carbons (Fsp3) is 0.385. The lowest BCUT2D eigenvalue weighted by molar-refractivity contribution is -0.140. The van der Waals surface area contributed by atoms with Crippen molar-refractivity contribution in [1.29, 1.82) is 0 Å². The second-order valence-corrected chi connectivity index (χ2v) is 4.00. The third-order valence-electron chi connectivity index (χ3n) is 2.61. The number of nitrogens with one attached hydrogen (secondary N) is 1. The fourth-order valence-corrected chi connectivity index (χ4v) is 1.60. The van der Waals surface area contributed by atoms with E-state index in [9.17, 15) is 9.59 Å². The summed E-state index contributed by atoms with van der Waals surface area (Å²) in [5.41, 5.74) is 1.11. The van der Waals surface area contributed by atoms with Crippen molar-refractivity contribution in [1.82, 2.24) is 5.32 Å². The highest BCUT2D eigenvalue weighted by molar-refractivity contribution is 5.97. The molecule has 0 aliphatic heterocycles. The van der Waals surface area contributed by atoms with Gasteiger partial charge in [-0.05, 0) is 30.7 Å². The van der Waals surface area contributed by atoms with Gasteiger partial charge in [-0.2, -0.15) is 0 Å². The molecule has 1 aromatic carbocycles. The van der Waals surface area contributed by atoms with Crippen LogP contribution in [-0.2, 0) is 9.53 Å². The van der Waals surface area contributed by atoms with Gasteiger partial charge in [0.2, 0.25) is 0 Å². The van der Waals surface area contributed by atoms with E-state index >= 15 is 0 Å². The molecule has 0 fully saturated rings. The number of ether oxygens (including phenoxy) is 2. The Kier molecular flexibility index (Phi) is 5.32. The van der Waals surface area contributed by atoms with E-state index in [2.05, 4.69) is 5.32 Å². The molecule has 19 heavy (non-hydrogen) atoms. The SMILES string of the molecule is COCC(NC(=O)c1ccc(OC)cc1C)C(=O)O. The molecule has 2 N–H and O–H groups in total. The van der Waals surface area contributed by atoms with E-state index in [0.717, 1.165) is 0 Å². The summed E-state index contributed by atoms with van der Waals surface area (Å²) in [5, 5.41) is 11.3. The number of carboxylic acid groups (broad SMARTS) is 1. The van der Waals surface area contributed by atoms with E-state index in [1.807, 2.05) is 0 Å². The second kappa shape index (κ2) is 6.75. The van der Waals surface area contributed by atoms with Crippen molar-refractivity contribution in [3.05, 3.63) is 29.3 Å². The van der Waals surface area contributed by atoms with E-state index in [4.69, 9.17) is 14.6 Å². The van der Waals surface area contributed by atoms with Crippen LogP contribution in [0.15, 0.2) is 18.2 Å². The molecule has 1 rings (SSSR count). The van der Waals surface area contributed by atoms with Crippen molar-refractivity contribution in [2.24, 2.45) is 0 Å². The van der Waals surface area contributed by atoms with Crippen molar-refractivity contribution >= 4 is 11.9 Å². The molecule has 6 nitrogen and oxygen atoms in total. The summed E-state index contributed by atoms with van der Waals surface area (Å²) in [7, 11) is 2.91. The van der Waals surface area contributed by atoms with Crippen molar-refractivity contribution in [2.75, 3.05) is 20.8 Å². The number of rotatable bonds is 6. The smallest absolute Gasteiger partial charge is 0.328 e. The summed E-state index contributed by atoms with van der Waals surface area (Å²) >= 11 is 0. The minimum absolute atomic E-state index is 0.0870. The lowest BCUT2D eigenvalue weighted by Gasteiger charge is -2.14. The second-order valence-electron chi connectivity index (χ2n) is 4.00. The van der Waals surface area contributed by atoms with Crippen molar-refractivity contribution < 1.29 is 24.2 Å². The minimum atomic E-state index is -1.14. The number of methoxy groups -OCH3 is 2. The van der Waals surface area contributed by atoms with Crippen LogP contribution in [0.2, 0.25) is 0 Å². The predicted molar refractivity (Wildman–Crippen MR) is 68.5 cm³/mol. The Morgan fingerprint density at radius 3 is 2.53 bits per heavy atom.